The lowest BCUT2D eigenvalue weighted by molar-refractivity contribution is -0.160. The number of methoxy groups -OCH3 is 2. The maximum Gasteiger partial charge on any atom is 0.246 e. The van der Waals surface area contributed by atoms with Gasteiger partial charge in [0, 0.05) is 38.2 Å². The van der Waals surface area contributed by atoms with E-state index in [0.717, 1.165) is 18.7 Å². The van der Waals surface area contributed by atoms with Crippen LogP contribution >= 0.6 is 0 Å². The summed E-state index contributed by atoms with van der Waals surface area (Å²) in [6, 6.07) is 5.59. The molecule has 0 atom stereocenters. The van der Waals surface area contributed by atoms with E-state index in [1.165, 1.54) is 0 Å². The predicted molar refractivity (Wildman–Crippen MR) is 97.2 cm³/mol. The molecule has 0 saturated carbocycles. The van der Waals surface area contributed by atoms with Crippen molar-refractivity contribution in [3.63, 3.8) is 0 Å². The number of amides is 2. The van der Waals surface area contributed by atoms with Crippen molar-refractivity contribution < 1.29 is 19.1 Å². The molecule has 7 nitrogen and oxygen atoms in total. The number of ether oxygens (including phenoxy) is 2. The van der Waals surface area contributed by atoms with E-state index >= 15 is 0 Å². The first-order valence-electron chi connectivity index (χ1n) is 8.99. The number of carbonyl (C=O) groups excluding carboxylic acids is 2. The predicted octanol–water partition coefficient (Wildman–Crippen LogP) is 1.02. The van der Waals surface area contributed by atoms with Crippen molar-refractivity contribution in [3.05, 3.63) is 23.8 Å². The van der Waals surface area contributed by atoms with Gasteiger partial charge in [0.2, 0.25) is 11.8 Å². The Bertz CT molecular complexity index is 683. The second-order valence-corrected chi connectivity index (χ2v) is 6.97. The Labute approximate surface area is 154 Å². The van der Waals surface area contributed by atoms with Gasteiger partial charge in [0.15, 0.2) is 11.5 Å². The lowest BCUT2D eigenvalue weighted by Gasteiger charge is -2.50. The van der Waals surface area contributed by atoms with Crippen LogP contribution < -0.4 is 14.8 Å². The first-order valence-corrected chi connectivity index (χ1v) is 8.99. The molecule has 2 fully saturated rings. The van der Waals surface area contributed by atoms with E-state index in [1.54, 1.807) is 19.1 Å². The van der Waals surface area contributed by atoms with Gasteiger partial charge in [0.1, 0.15) is 5.54 Å². The summed E-state index contributed by atoms with van der Waals surface area (Å²) in [5.41, 5.74) is 0.117. The number of hydrogen-bond acceptors (Lipinski definition) is 5. The SMILES string of the molecule is COc1cccc(CNC(=O)C2(N3CCC3=O)CCN(C)CC2)c1OC. The Kier molecular flexibility index (Phi) is 5.36. The summed E-state index contributed by atoms with van der Waals surface area (Å²) in [7, 11) is 5.21. The van der Waals surface area contributed by atoms with Gasteiger partial charge in [-0.15, -0.1) is 0 Å². The topological polar surface area (TPSA) is 71.1 Å². The zero-order chi connectivity index (χ0) is 18.7. The van der Waals surface area contributed by atoms with Gasteiger partial charge in [-0.3, -0.25) is 9.59 Å². The molecule has 1 aromatic carbocycles. The smallest absolute Gasteiger partial charge is 0.246 e. The second-order valence-electron chi connectivity index (χ2n) is 6.97. The molecule has 2 heterocycles. The van der Waals surface area contributed by atoms with Crippen LogP contribution in [0.2, 0.25) is 0 Å². The van der Waals surface area contributed by atoms with Gasteiger partial charge >= 0.3 is 0 Å². The average molecular weight is 361 g/mol. The lowest BCUT2D eigenvalue weighted by Crippen LogP contribution is -2.68. The van der Waals surface area contributed by atoms with E-state index in [9.17, 15) is 9.59 Å². The van der Waals surface area contributed by atoms with Gasteiger partial charge in [0.05, 0.1) is 14.2 Å². The number of para-hydroxylation sites is 1. The fourth-order valence-electron chi connectivity index (χ4n) is 3.81. The minimum absolute atomic E-state index is 0.0728. The fraction of sp³-hybridized carbons (Fsp3) is 0.579. The van der Waals surface area contributed by atoms with Gasteiger partial charge in [-0.2, -0.15) is 0 Å². The zero-order valence-corrected chi connectivity index (χ0v) is 15.7. The van der Waals surface area contributed by atoms with Crippen LogP contribution in [0.1, 0.15) is 24.8 Å². The van der Waals surface area contributed by atoms with E-state index < -0.39 is 5.54 Å². The maximum absolute atomic E-state index is 13.1. The highest BCUT2D eigenvalue weighted by atomic mass is 16.5. The molecule has 3 rings (SSSR count). The standard InChI is InChI=1S/C19H27N3O4/c1-21-11-8-19(9-12-21,22-10-7-16(22)23)18(24)20-13-14-5-4-6-15(25-2)17(14)26-3/h4-6H,7-13H2,1-3H3,(H,20,24). The summed E-state index contributed by atoms with van der Waals surface area (Å²) < 4.78 is 10.7. The summed E-state index contributed by atoms with van der Waals surface area (Å²) in [6.07, 6.45) is 1.86. The van der Waals surface area contributed by atoms with Gasteiger partial charge in [-0.25, -0.2) is 0 Å². The van der Waals surface area contributed by atoms with Gasteiger partial charge in [-0.05, 0) is 26.0 Å². The highest BCUT2D eigenvalue weighted by Crippen LogP contribution is 2.34. The molecule has 7 heteroatoms. The van der Waals surface area contributed by atoms with Crippen molar-refractivity contribution >= 4 is 11.8 Å². The third kappa shape index (κ3) is 3.23. The Morgan fingerprint density at radius 2 is 1.92 bits per heavy atom. The maximum atomic E-state index is 13.1. The van der Waals surface area contributed by atoms with Gasteiger partial charge < -0.3 is 24.6 Å². The molecule has 2 aliphatic heterocycles. The number of nitrogens with one attached hydrogen (secondary N) is 1. The molecule has 1 N–H and O–H groups in total. The highest BCUT2D eigenvalue weighted by molar-refractivity contribution is 5.94. The zero-order valence-electron chi connectivity index (χ0n) is 15.7. The molecule has 26 heavy (non-hydrogen) atoms. The molecule has 0 radical (unpaired) electrons. The van der Waals surface area contributed by atoms with Crippen molar-refractivity contribution in [2.45, 2.75) is 31.3 Å². The third-order valence-electron chi connectivity index (χ3n) is 5.53. The van der Waals surface area contributed by atoms with E-state index in [0.29, 0.717) is 43.9 Å². The summed E-state index contributed by atoms with van der Waals surface area (Å²) in [5, 5.41) is 3.03. The molecule has 0 bridgehead atoms. The number of piperidine rings is 1. The third-order valence-corrected chi connectivity index (χ3v) is 5.53. The number of nitrogens with zero attached hydrogens (tertiary/aromatic N) is 2. The van der Waals surface area contributed by atoms with Crippen molar-refractivity contribution in [2.75, 3.05) is 40.9 Å². The number of hydrogen-bond donors (Lipinski definition) is 1. The van der Waals surface area contributed by atoms with Crippen molar-refractivity contribution in [3.8, 4) is 11.5 Å². The molecule has 0 aromatic heterocycles. The molecular formula is C19H27N3O4. The summed E-state index contributed by atoms with van der Waals surface area (Å²) in [5.74, 6) is 1.24. The molecule has 0 aliphatic carbocycles. The molecule has 142 valence electrons. The van der Waals surface area contributed by atoms with Crippen LogP contribution in [-0.2, 0) is 16.1 Å². The Morgan fingerprint density at radius 3 is 2.46 bits per heavy atom. The quantitative estimate of drug-likeness (QED) is 0.766. The van der Waals surface area contributed by atoms with Crippen molar-refractivity contribution in [1.29, 1.82) is 0 Å². The molecule has 2 aliphatic rings. The number of rotatable bonds is 6. The van der Waals surface area contributed by atoms with E-state index in [4.69, 9.17) is 9.47 Å². The van der Waals surface area contributed by atoms with Crippen molar-refractivity contribution in [2.24, 2.45) is 0 Å². The molecule has 0 unspecified atom stereocenters. The summed E-state index contributed by atoms with van der Waals surface area (Å²) in [4.78, 5) is 29.2. The molecule has 1 aromatic rings. The van der Waals surface area contributed by atoms with E-state index in [2.05, 4.69) is 10.2 Å². The first-order chi connectivity index (χ1) is 12.5. The highest BCUT2D eigenvalue weighted by Gasteiger charge is 2.50. The Morgan fingerprint density at radius 1 is 1.19 bits per heavy atom. The van der Waals surface area contributed by atoms with Crippen molar-refractivity contribution in [1.82, 2.24) is 15.1 Å². The van der Waals surface area contributed by atoms with Crippen LogP contribution in [0.3, 0.4) is 0 Å². The number of likely N-dealkylation sites (tertiary alicyclic amines) is 2. The van der Waals surface area contributed by atoms with Crippen LogP contribution in [0.4, 0.5) is 0 Å². The Balaban J connectivity index is 1.76. The van der Waals surface area contributed by atoms with E-state index in [-0.39, 0.29) is 11.8 Å². The monoisotopic (exact) mass is 361 g/mol. The number of carbonyl (C=O) groups is 2. The molecule has 2 saturated heterocycles. The average Bonchev–Trinajstić information content (AvgIpc) is 2.66. The summed E-state index contributed by atoms with van der Waals surface area (Å²) in [6.45, 7) is 2.61. The molecule has 2 amide bonds. The lowest BCUT2D eigenvalue weighted by atomic mass is 9.82. The van der Waals surface area contributed by atoms with Crippen LogP contribution in [0, 0.1) is 0 Å². The fourth-order valence-corrected chi connectivity index (χ4v) is 3.81. The molecule has 0 spiro atoms. The Hall–Kier alpha value is -2.28. The largest absolute Gasteiger partial charge is 0.493 e. The van der Waals surface area contributed by atoms with E-state index in [1.807, 2.05) is 25.2 Å². The van der Waals surface area contributed by atoms with Crippen LogP contribution in [0.25, 0.3) is 0 Å². The second kappa shape index (κ2) is 7.53. The molecular weight excluding hydrogens is 334 g/mol. The van der Waals surface area contributed by atoms with Crippen LogP contribution in [0.15, 0.2) is 18.2 Å². The number of β-lactam (4-membered cyclic amide) rings is 1. The van der Waals surface area contributed by atoms with Gasteiger partial charge in [-0.1, -0.05) is 12.1 Å². The minimum Gasteiger partial charge on any atom is -0.493 e. The normalized spacial score (nSPS) is 19.7. The number of benzene rings is 1. The van der Waals surface area contributed by atoms with Gasteiger partial charge in [0.25, 0.3) is 0 Å². The minimum atomic E-state index is -0.728. The first kappa shape index (κ1) is 18.5. The summed E-state index contributed by atoms with van der Waals surface area (Å²) >= 11 is 0. The van der Waals surface area contributed by atoms with Crippen LogP contribution in [0.5, 0.6) is 11.5 Å². The van der Waals surface area contributed by atoms with Crippen LogP contribution in [-0.4, -0.2) is 68.1 Å².